The van der Waals surface area contributed by atoms with Crippen molar-refractivity contribution >= 4 is 27.1 Å². The second kappa shape index (κ2) is 3.89. The van der Waals surface area contributed by atoms with Gasteiger partial charge in [-0.1, -0.05) is 6.07 Å². The van der Waals surface area contributed by atoms with Gasteiger partial charge in [-0.25, -0.2) is 13.2 Å². The quantitative estimate of drug-likeness (QED) is 0.602. The smallest absolute Gasteiger partial charge is 0.339 e. The molecule has 0 spiro atoms. The fourth-order valence-corrected chi connectivity index (χ4v) is 3.45. The lowest BCUT2D eigenvalue weighted by molar-refractivity contribution is -0.142. The Morgan fingerprint density at radius 2 is 2.13 bits per heavy atom. The summed E-state index contributed by atoms with van der Waals surface area (Å²) in [6.45, 7) is 0. The van der Waals surface area contributed by atoms with Crippen LogP contribution in [0.3, 0.4) is 0 Å². The summed E-state index contributed by atoms with van der Waals surface area (Å²) < 4.78 is 23.3. The molecule has 0 aliphatic rings. The van der Waals surface area contributed by atoms with Crippen LogP contribution < -0.4 is 11.5 Å². The van der Waals surface area contributed by atoms with Gasteiger partial charge in [-0.2, -0.15) is 0 Å². The van der Waals surface area contributed by atoms with Crippen LogP contribution in [0.5, 0.6) is 0 Å². The minimum absolute atomic E-state index is 0.0593. The van der Waals surface area contributed by atoms with E-state index in [-0.39, 0.29) is 4.21 Å². The number of sulfone groups is 1. The molecule has 1 heterocycles. The molecule has 15 heavy (non-hydrogen) atoms. The van der Waals surface area contributed by atoms with Gasteiger partial charge in [0.05, 0.1) is 5.75 Å². The molecule has 0 amide bonds. The molecule has 8 heteroatoms. The van der Waals surface area contributed by atoms with E-state index < -0.39 is 27.2 Å². The summed E-state index contributed by atoms with van der Waals surface area (Å²) in [5, 5.41) is 10.2. The maximum atomic E-state index is 11.6. The van der Waals surface area contributed by atoms with Crippen LogP contribution in [-0.2, 0) is 14.6 Å². The topological polar surface area (TPSA) is 123 Å². The lowest BCUT2D eigenvalue weighted by Crippen LogP contribution is -2.60. The first-order chi connectivity index (χ1) is 6.76. The summed E-state index contributed by atoms with van der Waals surface area (Å²) in [4.78, 5) is 10.6. The Labute approximate surface area is 90.4 Å². The lowest BCUT2D eigenvalue weighted by atomic mass is 10.2. The van der Waals surface area contributed by atoms with Gasteiger partial charge in [0.15, 0.2) is 15.5 Å². The average Bonchev–Trinajstić information content (AvgIpc) is 2.53. The van der Waals surface area contributed by atoms with Crippen molar-refractivity contribution in [1.82, 2.24) is 0 Å². The van der Waals surface area contributed by atoms with Crippen LogP contribution in [0.25, 0.3) is 0 Å². The first-order valence-corrected chi connectivity index (χ1v) is 6.36. The standard InChI is InChI=1S/C7H10N2O4S2/c8-7(9,6(10)11)4-15(12,13)5-2-1-3-14-5/h1-3H,4,8-9H2,(H,10,11). The Morgan fingerprint density at radius 1 is 1.53 bits per heavy atom. The summed E-state index contributed by atoms with van der Waals surface area (Å²) in [5.41, 5.74) is 8.05. The molecule has 0 aromatic carbocycles. The van der Waals surface area contributed by atoms with E-state index >= 15 is 0 Å². The number of carbonyl (C=O) groups is 1. The lowest BCUT2D eigenvalue weighted by Gasteiger charge is -2.17. The molecule has 0 bridgehead atoms. The number of nitrogens with two attached hydrogens (primary N) is 2. The van der Waals surface area contributed by atoms with Crippen molar-refractivity contribution in [3.63, 3.8) is 0 Å². The highest BCUT2D eigenvalue weighted by molar-refractivity contribution is 7.93. The summed E-state index contributed by atoms with van der Waals surface area (Å²) in [5.74, 6) is -2.38. The van der Waals surface area contributed by atoms with Gasteiger partial charge in [-0.3, -0.25) is 0 Å². The van der Waals surface area contributed by atoms with Crippen molar-refractivity contribution in [2.24, 2.45) is 11.5 Å². The molecule has 0 aliphatic heterocycles. The van der Waals surface area contributed by atoms with E-state index in [1.165, 1.54) is 6.07 Å². The van der Waals surface area contributed by atoms with Gasteiger partial charge in [0.2, 0.25) is 0 Å². The van der Waals surface area contributed by atoms with Crippen molar-refractivity contribution in [3.8, 4) is 0 Å². The number of hydrogen-bond donors (Lipinski definition) is 3. The molecule has 0 radical (unpaired) electrons. The van der Waals surface area contributed by atoms with E-state index in [1.54, 1.807) is 11.4 Å². The Morgan fingerprint density at radius 3 is 2.53 bits per heavy atom. The van der Waals surface area contributed by atoms with Gasteiger partial charge in [-0.05, 0) is 11.4 Å². The summed E-state index contributed by atoms with van der Waals surface area (Å²) >= 11 is 0.990. The summed E-state index contributed by atoms with van der Waals surface area (Å²) in [6, 6.07) is 2.92. The van der Waals surface area contributed by atoms with E-state index in [0.29, 0.717) is 0 Å². The Kier molecular flexibility index (Phi) is 3.14. The normalized spacial score (nSPS) is 12.7. The first kappa shape index (κ1) is 12.1. The van der Waals surface area contributed by atoms with Gasteiger partial charge >= 0.3 is 5.97 Å². The second-order valence-electron chi connectivity index (χ2n) is 3.04. The van der Waals surface area contributed by atoms with Crippen LogP contribution in [0, 0.1) is 0 Å². The summed E-state index contributed by atoms with van der Waals surface area (Å²) in [7, 11) is -3.73. The van der Waals surface area contributed by atoms with Crippen molar-refractivity contribution < 1.29 is 18.3 Å². The van der Waals surface area contributed by atoms with E-state index in [0.717, 1.165) is 11.3 Å². The average molecular weight is 250 g/mol. The Hall–Kier alpha value is -0.960. The fourth-order valence-electron chi connectivity index (χ4n) is 0.888. The molecule has 0 saturated heterocycles. The molecule has 0 aliphatic carbocycles. The van der Waals surface area contributed by atoms with Gasteiger partial charge in [0.1, 0.15) is 4.21 Å². The Balaban J connectivity index is 2.97. The van der Waals surface area contributed by atoms with E-state index in [4.69, 9.17) is 16.6 Å². The molecule has 1 rings (SSSR count). The minimum atomic E-state index is -3.73. The molecule has 0 unspecified atom stereocenters. The Bertz CT molecular complexity index is 449. The maximum Gasteiger partial charge on any atom is 0.339 e. The number of thiophene rings is 1. The predicted octanol–water partition coefficient (Wildman–Crippen LogP) is -0.780. The molecule has 0 saturated carbocycles. The maximum absolute atomic E-state index is 11.6. The summed E-state index contributed by atoms with van der Waals surface area (Å²) in [6.07, 6.45) is 0. The molecule has 0 fully saturated rings. The number of carboxylic acids is 1. The highest BCUT2D eigenvalue weighted by atomic mass is 32.2. The van der Waals surface area contributed by atoms with Crippen LogP contribution in [0.4, 0.5) is 0 Å². The van der Waals surface area contributed by atoms with Crippen molar-refractivity contribution in [1.29, 1.82) is 0 Å². The molecular weight excluding hydrogens is 240 g/mol. The minimum Gasteiger partial charge on any atom is -0.479 e. The molecular formula is C7H10N2O4S2. The van der Waals surface area contributed by atoms with Gasteiger partial charge in [0.25, 0.3) is 0 Å². The van der Waals surface area contributed by atoms with Gasteiger partial charge < -0.3 is 16.6 Å². The molecule has 84 valence electrons. The van der Waals surface area contributed by atoms with Crippen LogP contribution >= 0.6 is 11.3 Å². The van der Waals surface area contributed by atoms with Gasteiger partial charge in [-0.15, -0.1) is 11.3 Å². The number of carboxylic acid groups (broad SMARTS) is 1. The van der Waals surface area contributed by atoms with Crippen LogP contribution in [0.2, 0.25) is 0 Å². The fraction of sp³-hybridized carbons (Fsp3) is 0.286. The van der Waals surface area contributed by atoms with E-state index in [9.17, 15) is 13.2 Å². The van der Waals surface area contributed by atoms with Crippen LogP contribution in [0.1, 0.15) is 0 Å². The third-order valence-corrected chi connectivity index (χ3v) is 4.95. The second-order valence-corrected chi connectivity index (χ2v) is 6.20. The van der Waals surface area contributed by atoms with E-state index in [2.05, 4.69) is 0 Å². The first-order valence-electron chi connectivity index (χ1n) is 3.83. The number of hydrogen-bond acceptors (Lipinski definition) is 6. The SMILES string of the molecule is NC(N)(CS(=O)(=O)c1cccs1)C(=O)O. The molecule has 5 N–H and O–H groups in total. The zero-order valence-electron chi connectivity index (χ0n) is 7.58. The third kappa shape index (κ3) is 2.75. The van der Waals surface area contributed by atoms with Crippen molar-refractivity contribution in [2.45, 2.75) is 9.87 Å². The highest BCUT2D eigenvalue weighted by Crippen LogP contribution is 2.19. The van der Waals surface area contributed by atoms with Crippen molar-refractivity contribution in [3.05, 3.63) is 17.5 Å². The predicted molar refractivity (Wildman–Crippen MR) is 55.1 cm³/mol. The van der Waals surface area contributed by atoms with Crippen LogP contribution in [0.15, 0.2) is 21.7 Å². The monoisotopic (exact) mass is 250 g/mol. The number of aliphatic carboxylic acids is 1. The van der Waals surface area contributed by atoms with E-state index in [1.807, 2.05) is 0 Å². The largest absolute Gasteiger partial charge is 0.479 e. The zero-order chi connectivity index (χ0) is 11.7. The molecule has 6 nitrogen and oxygen atoms in total. The third-order valence-electron chi connectivity index (χ3n) is 1.63. The molecule has 0 atom stereocenters. The number of rotatable bonds is 4. The van der Waals surface area contributed by atoms with Crippen LogP contribution in [-0.4, -0.2) is 30.9 Å². The van der Waals surface area contributed by atoms with Crippen molar-refractivity contribution in [2.75, 3.05) is 5.75 Å². The highest BCUT2D eigenvalue weighted by Gasteiger charge is 2.36. The van der Waals surface area contributed by atoms with Gasteiger partial charge in [0, 0.05) is 0 Å². The zero-order valence-corrected chi connectivity index (χ0v) is 9.22. The molecule has 1 aromatic heterocycles. The molecule has 1 aromatic rings.